The highest BCUT2D eigenvalue weighted by Crippen LogP contribution is 2.77. The first-order chi connectivity index (χ1) is 17.8. The van der Waals surface area contributed by atoms with Crippen molar-refractivity contribution in [3.05, 3.63) is 45.6 Å². The van der Waals surface area contributed by atoms with Crippen LogP contribution in [0.1, 0.15) is 67.9 Å². The number of nitrogens with zero attached hydrogens (tertiary/aromatic N) is 1. The molecule has 7 atom stereocenters. The number of phenolic OH excluding ortho intramolecular Hbond substituents is 1. The maximum Gasteiger partial charge on any atom is 0.165 e. The standard InChI is InChI=1S/C31H39NO4S/c1-28(34,10-9-21-4-3-15-37-21)23-17-29-11-12-31(23,35-2)27-30(29)13-14-32(18-19-5-6-19)24(29)16-20-7-8-22(33)26(36-27)25(20)30/h3-4,7-8,15,19,23-24,27,33-34H,5-6,9-14,16-18H2,1-2H3/t23-,24-,27-,28-,29-,30+,31?/m1/s1. The summed E-state index contributed by atoms with van der Waals surface area (Å²) in [6.07, 6.45) is 9.25. The lowest BCUT2D eigenvalue weighted by Gasteiger charge is -2.75. The predicted octanol–water partition coefficient (Wildman–Crippen LogP) is 5.06. The predicted molar refractivity (Wildman–Crippen MR) is 143 cm³/mol. The first-order valence-corrected chi connectivity index (χ1v) is 15.3. The van der Waals surface area contributed by atoms with E-state index >= 15 is 0 Å². The number of phenols is 1. The van der Waals surface area contributed by atoms with Crippen molar-refractivity contribution in [1.82, 2.24) is 4.90 Å². The van der Waals surface area contributed by atoms with Crippen LogP contribution in [0.3, 0.4) is 0 Å². The molecule has 37 heavy (non-hydrogen) atoms. The fourth-order valence-electron chi connectivity index (χ4n) is 10.1. The number of aryl methyl sites for hydroxylation is 1. The fourth-order valence-corrected chi connectivity index (χ4v) is 10.8. The van der Waals surface area contributed by atoms with E-state index in [9.17, 15) is 10.2 Å². The maximum atomic E-state index is 12.3. The summed E-state index contributed by atoms with van der Waals surface area (Å²) in [5.74, 6) is 1.82. The molecule has 2 N–H and O–H groups in total. The minimum atomic E-state index is -0.870. The first-order valence-electron chi connectivity index (χ1n) is 14.4. The van der Waals surface area contributed by atoms with Gasteiger partial charge in [-0.05, 0) is 100 Å². The van der Waals surface area contributed by atoms with Crippen LogP contribution in [0, 0.1) is 17.3 Å². The molecule has 5 fully saturated rings. The largest absolute Gasteiger partial charge is 0.504 e. The van der Waals surface area contributed by atoms with Crippen molar-refractivity contribution in [1.29, 1.82) is 0 Å². The third-order valence-electron chi connectivity index (χ3n) is 11.9. The monoisotopic (exact) mass is 521 g/mol. The van der Waals surface area contributed by atoms with E-state index in [1.165, 1.54) is 35.4 Å². The van der Waals surface area contributed by atoms with Crippen molar-refractivity contribution in [3.8, 4) is 11.5 Å². The Bertz CT molecular complexity index is 1240. The number of aromatic hydroxyl groups is 1. The Kier molecular flexibility index (Phi) is 4.74. The molecular formula is C31H39NO4S. The molecule has 9 rings (SSSR count). The van der Waals surface area contributed by atoms with Crippen molar-refractivity contribution in [3.63, 3.8) is 0 Å². The second-order valence-corrected chi connectivity index (χ2v) is 14.4. The molecule has 3 heterocycles. The number of aliphatic hydroxyl groups is 1. The van der Waals surface area contributed by atoms with Crippen molar-refractivity contribution < 1.29 is 19.7 Å². The molecule has 0 amide bonds. The van der Waals surface area contributed by atoms with Gasteiger partial charge in [-0.25, -0.2) is 0 Å². The lowest BCUT2D eigenvalue weighted by atomic mass is 9.33. The molecule has 5 aliphatic carbocycles. The normalized spacial score (nSPS) is 40.8. The molecule has 1 aromatic carbocycles. The Balaban J connectivity index is 1.28. The second-order valence-electron chi connectivity index (χ2n) is 13.3. The summed E-state index contributed by atoms with van der Waals surface area (Å²) in [6.45, 7) is 4.36. The lowest BCUT2D eigenvalue weighted by molar-refractivity contribution is -0.302. The summed E-state index contributed by atoms with van der Waals surface area (Å²) in [4.78, 5) is 4.16. The fraction of sp³-hybridized carbons (Fsp3) is 0.677. The summed E-state index contributed by atoms with van der Waals surface area (Å²) in [5, 5.41) is 25.4. The number of piperidine rings is 1. The minimum Gasteiger partial charge on any atom is -0.504 e. The molecule has 0 radical (unpaired) electrons. The topological polar surface area (TPSA) is 62.2 Å². The number of hydrogen-bond acceptors (Lipinski definition) is 6. The Morgan fingerprint density at radius 1 is 1.22 bits per heavy atom. The van der Waals surface area contributed by atoms with Crippen LogP contribution in [0.4, 0.5) is 0 Å². The van der Waals surface area contributed by atoms with Gasteiger partial charge in [-0.2, -0.15) is 0 Å². The minimum absolute atomic E-state index is 0.0155. The zero-order valence-corrected chi connectivity index (χ0v) is 22.9. The Labute approximate surface area is 223 Å². The van der Waals surface area contributed by atoms with Crippen molar-refractivity contribution in [2.24, 2.45) is 17.3 Å². The van der Waals surface area contributed by atoms with E-state index in [1.807, 2.05) is 13.2 Å². The molecule has 4 bridgehead atoms. The van der Waals surface area contributed by atoms with Gasteiger partial charge in [0.1, 0.15) is 11.7 Å². The molecule has 7 aliphatic rings. The molecule has 2 aliphatic heterocycles. The number of benzene rings is 1. The van der Waals surface area contributed by atoms with E-state index in [0.717, 1.165) is 57.4 Å². The van der Waals surface area contributed by atoms with Gasteiger partial charge < -0.3 is 19.7 Å². The molecule has 6 heteroatoms. The van der Waals surface area contributed by atoms with Gasteiger partial charge in [0.15, 0.2) is 11.5 Å². The Hall–Kier alpha value is -1.60. The number of thiophene rings is 1. The van der Waals surface area contributed by atoms with E-state index in [0.29, 0.717) is 11.8 Å². The van der Waals surface area contributed by atoms with Crippen LogP contribution in [-0.2, 0) is 23.0 Å². The number of ether oxygens (including phenoxy) is 2. The summed E-state index contributed by atoms with van der Waals surface area (Å²) >= 11 is 1.77. The Morgan fingerprint density at radius 3 is 2.84 bits per heavy atom. The average molecular weight is 522 g/mol. The van der Waals surface area contributed by atoms with Crippen LogP contribution in [0.25, 0.3) is 0 Å². The highest BCUT2D eigenvalue weighted by molar-refractivity contribution is 7.09. The quantitative estimate of drug-likeness (QED) is 0.533. The van der Waals surface area contributed by atoms with Crippen LogP contribution >= 0.6 is 11.3 Å². The molecule has 1 aromatic heterocycles. The van der Waals surface area contributed by atoms with Gasteiger partial charge in [0.05, 0.1) is 5.60 Å². The summed E-state index contributed by atoms with van der Waals surface area (Å²) in [5.41, 5.74) is 1.11. The van der Waals surface area contributed by atoms with Gasteiger partial charge in [0, 0.05) is 46.9 Å². The van der Waals surface area contributed by atoms with Crippen LogP contribution in [0.2, 0.25) is 0 Å². The van der Waals surface area contributed by atoms with Crippen molar-refractivity contribution in [2.45, 2.75) is 93.5 Å². The van der Waals surface area contributed by atoms with Crippen LogP contribution in [0.5, 0.6) is 11.5 Å². The van der Waals surface area contributed by atoms with Crippen LogP contribution in [-0.4, -0.2) is 58.7 Å². The summed E-state index contributed by atoms with van der Waals surface area (Å²) in [6, 6.07) is 8.75. The van der Waals surface area contributed by atoms with Crippen LogP contribution in [0.15, 0.2) is 29.6 Å². The van der Waals surface area contributed by atoms with E-state index in [4.69, 9.17) is 9.47 Å². The van der Waals surface area contributed by atoms with Gasteiger partial charge >= 0.3 is 0 Å². The number of likely N-dealkylation sites (tertiary alicyclic amines) is 1. The van der Waals surface area contributed by atoms with Gasteiger partial charge in [0.25, 0.3) is 0 Å². The molecule has 1 unspecified atom stereocenters. The molecule has 1 saturated heterocycles. The smallest absolute Gasteiger partial charge is 0.165 e. The molecule has 2 aromatic rings. The van der Waals surface area contributed by atoms with Gasteiger partial charge in [0.2, 0.25) is 0 Å². The first kappa shape index (κ1) is 23.3. The molecule has 5 nitrogen and oxygen atoms in total. The molecule has 2 spiro atoms. The second kappa shape index (κ2) is 7.53. The third kappa shape index (κ3) is 2.81. The van der Waals surface area contributed by atoms with E-state index in [2.05, 4.69) is 35.4 Å². The zero-order chi connectivity index (χ0) is 25.2. The van der Waals surface area contributed by atoms with Crippen molar-refractivity contribution >= 4 is 11.3 Å². The Morgan fingerprint density at radius 2 is 2.08 bits per heavy atom. The highest BCUT2D eigenvalue weighted by atomic mass is 32.1. The molecule has 4 saturated carbocycles. The zero-order valence-electron chi connectivity index (χ0n) is 22.0. The summed E-state index contributed by atoms with van der Waals surface area (Å²) < 4.78 is 13.5. The highest BCUT2D eigenvalue weighted by Gasteiger charge is 2.81. The average Bonchev–Trinajstić information content (AvgIpc) is 3.40. The number of hydrogen-bond donors (Lipinski definition) is 2. The van der Waals surface area contributed by atoms with E-state index in [-0.39, 0.29) is 28.6 Å². The lowest BCUT2D eigenvalue weighted by Crippen LogP contribution is -2.82. The number of methoxy groups -OCH3 is 1. The third-order valence-corrected chi connectivity index (χ3v) is 12.8. The molecular weight excluding hydrogens is 482 g/mol. The van der Waals surface area contributed by atoms with Crippen LogP contribution < -0.4 is 4.74 Å². The summed E-state index contributed by atoms with van der Waals surface area (Å²) in [7, 11) is 1.84. The maximum absolute atomic E-state index is 12.3. The van der Waals surface area contributed by atoms with Gasteiger partial charge in [-0.1, -0.05) is 12.1 Å². The van der Waals surface area contributed by atoms with Crippen molar-refractivity contribution in [2.75, 3.05) is 20.2 Å². The van der Waals surface area contributed by atoms with Gasteiger partial charge in [-0.15, -0.1) is 11.3 Å². The number of rotatable bonds is 7. The van der Waals surface area contributed by atoms with E-state index in [1.54, 1.807) is 11.3 Å². The van der Waals surface area contributed by atoms with Gasteiger partial charge in [-0.3, -0.25) is 4.90 Å². The SMILES string of the molecule is COC12CC[C@@]3(C[C@@H]1[C@](C)(O)CCc1cccs1)[C@H]1Cc4ccc(O)c5c4[C@@]3(CCN1CC1CC1)[C@H]2O5. The van der Waals surface area contributed by atoms with E-state index < -0.39 is 11.2 Å². The number of fused-ring (bicyclic) bond motifs is 2. The molecule has 198 valence electrons.